The monoisotopic (exact) mass is 370 g/mol. The van der Waals surface area contributed by atoms with Crippen LogP contribution in [0, 0.1) is 0 Å². The smallest absolute Gasteiger partial charge is 0.331 e. The highest BCUT2D eigenvalue weighted by Crippen LogP contribution is 2.28. The van der Waals surface area contributed by atoms with Crippen molar-refractivity contribution in [3.8, 4) is 0 Å². The highest BCUT2D eigenvalue weighted by Gasteiger charge is 2.44. The molecule has 0 unspecified atom stereocenters. The number of carbonyl (C=O) groups is 2. The summed E-state index contributed by atoms with van der Waals surface area (Å²) < 4.78 is 23.4. The number of cyclic esters (lactones) is 2. The maximum absolute atomic E-state index is 11.5. The number of carbonyl (C=O) groups excluding carboxylic acids is 2. The van der Waals surface area contributed by atoms with Gasteiger partial charge in [-0.1, -0.05) is 0 Å². The van der Waals surface area contributed by atoms with Crippen molar-refractivity contribution in [2.45, 2.75) is 63.7 Å². The molecule has 6 nitrogen and oxygen atoms in total. The van der Waals surface area contributed by atoms with E-state index in [1.807, 2.05) is 0 Å². The van der Waals surface area contributed by atoms with E-state index >= 15 is 0 Å². The second-order valence-corrected chi connectivity index (χ2v) is 16.8. The van der Waals surface area contributed by atoms with Crippen molar-refractivity contribution in [3.05, 3.63) is 24.3 Å². The van der Waals surface area contributed by atoms with Gasteiger partial charge in [0.1, 0.15) is 24.4 Å². The molecular formula is C16H26O6Si2. The molecule has 0 aliphatic carbocycles. The maximum Gasteiger partial charge on any atom is 0.331 e. The molecule has 0 amide bonds. The molecule has 2 aliphatic heterocycles. The van der Waals surface area contributed by atoms with Crippen LogP contribution in [-0.2, 0) is 27.9 Å². The summed E-state index contributed by atoms with van der Waals surface area (Å²) >= 11 is 0. The van der Waals surface area contributed by atoms with Crippen LogP contribution < -0.4 is 0 Å². The lowest BCUT2D eigenvalue weighted by atomic mass is 10.0. The predicted molar refractivity (Wildman–Crippen MR) is 94.5 cm³/mol. The van der Waals surface area contributed by atoms with E-state index in [4.69, 9.17) is 18.3 Å². The van der Waals surface area contributed by atoms with Gasteiger partial charge in [-0.2, -0.15) is 0 Å². The zero-order chi connectivity index (χ0) is 18.1. The zero-order valence-corrected chi connectivity index (χ0v) is 17.1. The average Bonchev–Trinajstić information content (AvgIpc) is 3.00. The molecule has 2 rings (SSSR count). The lowest BCUT2D eigenvalue weighted by Crippen LogP contribution is -2.54. The van der Waals surface area contributed by atoms with Crippen molar-refractivity contribution in [3.63, 3.8) is 0 Å². The summed E-state index contributed by atoms with van der Waals surface area (Å²) in [6.45, 7) is 12.3. The molecule has 0 radical (unpaired) electrons. The summed E-state index contributed by atoms with van der Waals surface area (Å²) in [6, 6.07) is 0. The molecule has 0 aromatic heterocycles. The van der Waals surface area contributed by atoms with Crippen molar-refractivity contribution in [2.24, 2.45) is 0 Å². The van der Waals surface area contributed by atoms with Gasteiger partial charge in [0.25, 0.3) is 0 Å². The van der Waals surface area contributed by atoms with Crippen LogP contribution in [0.2, 0.25) is 39.3 Å². The van der Waals surface area contributed by atoms with Crippen molar-refractivity contribution in [1.82, 2.24) is 0 Å². The first kappa shape index (κ1) is 19.1. The molecule has 0 saturated heterocycles. The zero-order valence-electron chi connectivity index (χ0n) is 15.1. The van der Waals surface area contributed by atoms with E-state index in [0.29, 0.717) is 0 Å². The second-order valence-electron chi connectivity index (χ2n) is 7.91. The lowest BCUT2D eigenvalue weighted by Gasteiger charge is -2.39. The third-order valence-electron chi connectivity index (χ3n) is 3.30. The van der Waals surface area contributed by atoms with E-state index in [1.54, 1.807) is 12.2 Å². The normalized spacial score (nSPS) is 26.4. The van der Waals surface area contributed by atoms with Gasteiger partial charge in [-0.3, -0.25) is 0 Å². The van der Waals surface area contributed by atoms with Crippen molar-refractivity contribution < 1.29 is 27.9 Å². The minimum atomic E-state index is -1.97. The van der Waals surface area contributed by atoms with Crippen LogP contribution in [0.5, 0.6) is 0 Å². The van der Waals surface area contributed by atoms with Gasteiger partial charge in [0, 0.05) is 12.2 Å². The van der Waals surface area contributed by atoms with E-state index in [0.717, 1.165) is 0 Å². The van der Waals surface area contributed by atoms with Crippen molar-refractivity contribution in [1.29, 1.82) is 0 Å². The van der Waals surface area contributed by atoms with Gasteiger partial charge in [0.15, 0.2) is 16.6 Å². The molecule has 0 fully saturated rings. The van der Waals surface area contributed by atoms with Crippen LogP contribution in [0.3, 0.4) is 0 Å². The van der Waals surface area contributed by atoms with Crippen LogP contribution in [0.25, 0.3) is 0 Å². The molecule has 4 atom stereocenters. The van der Waals surface area contributed by atoms with Crippen LogP contribution in [0.4, 0.5) is 0 Å². The third-order valence-corrected chi connectivity index (χ3v) is 5.26. The standard InChI is InChI=1S/C16H26O6Si2/c1-23(2,3)21-15(11-7-9-13(17)19-11)16(22-24(4,5)6)12-8-10-14(18)20-12/h7-12,15-16H,1-6H3/t11-,12-,15-,16-/m1/s1. The molecular weight excluding hydrogens is 344 g/mol. The Morgan fingerprint density at radius 3 is 1.33 bits per heavy atom. The Morgan fingerprint density at radius 1 is 0.792 bits per heavy atom. The summed E-state index contributed by atoms with van der Waals surface area (Å²) in [4.78, 5) is 23.0. The van der Waals surface area contributed by atoms with Crippen molar-refractivity contribution in [2.75, 3.05) is 0 Å². The van der Waals surface area contributed by atoms with E-state index in [9.17, 15) is 9.59 Å². The summed E-state index contributed by atoms with van der Waals surface area (Å²) in [5.74, 6) is -0.787. The summed E-state index contributed by atoms with van der Waals surface area (Å²) in [5, 5.41) is 0. The minimum absolute atomic E-state index is 0.394. The Kier molecular flexibility index (Phi) is 5.53. The molecule has 0 saturated carbocycles. The molecule has 24 heavy (non-hydrogen) atoms. The van der Waals surface area contributed by atoms with Gasteiger partial charge in [-0.05, 0) is 51.4 Å². The molecule has 2 aliphatic rings. The Balaban J connectivity index is 2.31. The fraction of sp³-hybridized carbons (Fsp3) is 0.625. The largest absolute Gasteiger partial charge is 0.452 e. The first-order valence-electron chi connectivity index (χ1n) is 8.08. The maximum atomic E-state index is 11.5. The van der Waals surface area contributed by atoms with Crippen LogP contribution >= 0.6 is 0 Å². The van der Waals surface area contributed by atoms with Crippen LogP contribution in [-0.4, -0.2) is 53.0 Å². The Bertz CT molecular complexity index is 508. The molecule has 0 aromatic carbocycles. The average molecular weight is 371 g/mol. The SMILES string of the molecule is C[Si](C)(C)O[C@@H]([C@H](O[Si](C)(C)C)[C@H]1C=CC(=O)O1)[C@H]1C=CC(=O)O1. The number of ether oxygens (including phenoxy) is 2. The van der Waals surface area contributed by atoms with Crippen molar-refractivity contribution >= 4 is 28.6 Å². The van der Waals surface area contributed by atoms with Crippen LogP contribution in [0.15, 0.2) is 24.3 Å². The summed E-state index contributed by atoms with van der Waals surface area (Å²) in [5.41, 5.74) is 0. The van der Waals surface area contributed by atoms with Crippen LogP contribution in [0.1, 0.15) is 0 Å². The fourth-order valence-corrected chi connectivity index (χ4v) is 4.75. The minimum Gasteiger partial charge on any atom is -0.452 e. The first-order chi connectivity index (χ1) is 10.9. The number of rotatable bonds is 7. The number of esters is 2. The van der Waals surface area contributed by atoms with Gasteiger partial charge in [0.2, 0.25) is 0 Å². The quantitative estimate of drug-likeness (QED) is 0.506. The lowest BCUT2D eigenvalue weighted by molar-refractivity contribution is -0.153. The highest BCUT2D eigenvalue weighted by molar-refractivity contribution is 6.70. The van der Waals surface area contributed by atoms with E-state index < -0.39 is 53.0 Å². The summed E-state index contributed by atoms with van der Waals surface area (Å²) in [7, 11) is -3.94. The summed E-state index contributed by atoms with van der Waals surface area (Å²) in [6.07, 6.45) is 4.04. The molecule has 0 aromatic rings. The molecule has 2 heterocycles. The Labute approximate surface area is 145 Å². The van der Waals surface area contributed by atoms with Gasteiger partial charge in [0.05, 0.1) is 0 Å². The van der Waals surface area contributed by atoms with E-state index in [1.165, 1.54) is 12.2 Å². The van der Waals surface area contributed by atoms with Gasteiger partial charge in [-0.25, -0.2) is 9.59 Å². The van der Waals surface area contributed by atoms with E-state index in [2.05, 4.69) is 39.3 Å². The molecule has 8 heteroatoms. The molecule has 0 bridgehead atoms. The fourth-order valence-electron chi connectivity index (χ4n) is 2.58. The van der Waals surface area contributed by atoms with Gasteiger partial charge in [-0.15, -0.1) is 0 Å². The molecule has 134 valence electrons. The Hall–Kier alpha value is -1.23. The number of hydrogen-bond donors (Lipinski definition) is 0. The number of hydrogen-bond acceptors (Lipinski definition) is 6. The first-order valence-corrected chi connectivity index (χ1v) is 14.9. The van der Waals surface area contributed by atoms with Gasteiger partial charge >= 0.3 is 11.9 Å². The van der Waals surface area contributed by atoms with Gasteiger partial charge < -0.3 is 18.3 Å². The Morgan fingerprint density at radius 2 is 1.12 bits per heavy atom. The highest BCUT2D eigenvalue weighted by atomic mass is 28.4. The molecule has 0 N–H and O–H groups in total. The molecule has 0 spiro atoms. The topological polar surface area (TPSA) is 71.1 Å². The van der Waals surface area contributed by atoms with E-state index in [-0.39, 0.29) is 0 Å². The predicted octanol–water partition coefficient (Wildman–Crippen LogP) is 2.39. The second kappa shape index (κ2) is 6.95. The third kappa shape index (κ3) is 5.40.